The van der Waals surface area contributed by atoms with Crippen LogP contribution in [0.1, 0.15) is 0 Å². The van der Waals surface area contributed by atoms with Crippen molar-refractivity contribution in [2.24, 2.45) is 17.6 Å². The summed E-state index contributed by atoms with van der Waals surface area (Å²) in [6.45, 7) is 1.56. The summed E-state index contributed by atoms with van der Waals surface area (Å²) in [5, 5.41) is 4.47. The lowest BCUT2D eigenvalue weighted by Crippen LogP contribution is -2.29. The van der Waals surface area contributed by atoms with E-state index >= 15 is 0 Å². The molecule has 3 aromatic heterocycles. The molecule has 1 aliphatic carbocycles. The maximum Gasteiger partial charge on any atom is 0.326 e. The average molecular weight is 468 g/mol. The number of rotatable bonds is 5. The van der Waals surface area contributed by atoms with E-state index in [2.05, 4.69) is 25.2 Å². The van der Waals surface area contributed by atoms with Crippen LogP contribution in [0.4, 0.5) is 15.9 Å². The third-order valence-corrected chi connectivity index (χ3v) is 7.43. The highest BCUT2D eigenvalue weighted by atomic mass is 32.2. The summed E-state index contributed by atoms with van der Waals surface area (Å²) in [5.41, 5.74) is 8.06. The molecule has 170 valence electrons. The first-order valence-electron chi connectivity index (χ1n) is 10.6. The Morgan fingerprint density at radius 2 is 2.03 bits per heavy atom. The van der Waals surface area contributed by atoms with E-state index in [9.17, 15) is 8.60 Å². The maximum atomic E-state index is 14.4. The quantitative estimate of drug-likeness (QED) is 0.409. The first kappa shape index (κ1) is 20.3. The number of aromatic amines is 1. The van der Waals surface area contributed by atoms with Gasteiger partial charge in [-0.15, -0.1) is 0 Å². The zero-order valence-corrected chi connectivity index (χ0v) is 18.8. The van der Waals surface area contributed by atoms with E-state index in [1.807, 2.05) is 0 Å². The molecule has 0 amide bonds. The lowest BCUT2D eigenvalue weighted by Gasteiger charge is -2.21. The van der Waals surface area contributed by atoms with Crippen molar-refractivity contribution in [1.82, 2.24) is 19.9 Å². The summed E-state index contributed by atoms with van der Waals surface area (Å²) in [6.07, 6.45) is 4.63. The number of piperidine rings is 1. The highest BCUT2D eigenvalue weighted by Gasteiger charge is 2.54. The van der Waals surface area contributed by atoms with Gasteiger partial charge in [-0.05, 0) is 24.0 Å². The van der Waals surface area contributed by atoms with Gasteiger partial charge in [-0.25, -0.2) is 4.39 Å². The number of halogens is 1. The summed E-state index contributed by atoms with van der Waals surface area (Å²) in [4.78, 5) is 19.4. The molecule has 0 bridgehead atoms. The van der Waals surface area contributed by atoms with Crippen molar-refractivity contribution in [3.05, 3.63) is 36.4 Å². The van der Waals surface area contributed by atoms with Gasteiger partial charge in [-0.2, -0.15) is 9.97 Å². The molecular weight excluding hydrogens is 445 g/mol. The molecule has 6 rings (SSSR count). The van der Waals surface area contributed by atoms with Crippen LogP contribution in [-0.2, 0) is 10.8 Å². The summed E-state index contributed by atoms with van der Waals surface area (Å²) >= 11 is 0. The van der Waals surface area contributed by atoms with Crippen LogP contribution < -0.4 is 20.7 Å². The molecule has 3 unspecified atom stereocenters. The third-order valence-electron chi connectivity index (χ3n) is 6.54. The van der Waals surface area contributed by atoms with Crippen molar-refractivity contribution < 1.29 is 13.3 Å². The van der Waals surface area contributed by atoms with E-state index in [-0.39, 0.29) is 17.9 Å². The van der Waals surface area contributed by atoms with Crippen LogP contribution in [0.15, 0.2) is 35.5 Å². The Morgan fingerprint density at radius 3 is 2.76 bits per heavy atom. The highest BCUT2D eigenvalue weighted by molar-refractivity contribution is 7.84. The Kier molecular flexibility index (Phi) is 4.53. The van der Waals surface area contributed by atoms with Crippen LogP contribution in [0.25, 0.3) is 21.9 Å². The molecule has 4 N–H and O–H groups in total. The first-order valence-corrected chi connectivity index (χ1v) is 12.2. The molecule has 1 aliphatic heterocycles. The average Bonchev–Trinajstić information content (AvgIpc) is 3.14. The van der Waals surface area contributed by atoms with Crippen molar-refractivity contribution in [3.63, 3.8) is 0 Å². The number of nitrogens with zero attached hydrogens (tertiary/aromatic N) is 4. The van der Waals surface area contributed by atoms with E-state index < -0.39 is 10.8 Å². The molecule has 2 aliphatic rings. The number of hydrogen-bond donors (Lipinski definition) is 3. The molecule has 9 nitrogen and oxygen atoms in total. The van der Waals surface area contributed by atoms with Gasteiger partial charge in [0, 0.05) is 50.1 Å². The minimum Gasteiger partial charge on any atom is -0.423 e. The van der Waals surface area contributed by atoms with Crippen molar-refractivity contribution in [1.29, 1.82) is 0 Å². The molecule has 0 spiro atoms. The molecule has 2 fully saturated rings. The standard InChI is InChI=1S/C22H22FN7O2S/c1-25-16-4-10(23)3-13-17-20(27-19(13)16)28-22(32-11-5-12(33(2)31)7-26-6-11)29-21(17)30-8-14-15(9-30)18(14)24/h3-7,14-15,18,25H,8-9,24H2,1-2H3,(H,27,28,29). The number of aromatic nitrogens is 4. The van der Waals surface area contributed by atoms with E-state index in [1.54, 1.807) is 19.4 Å². The Hall–Kier alpha value is -3.31. The highest BCUT2D eigenvalue weighted by Crippen LogP contribution is 2.47. The van der Waals surface area contributed by atoms with Gasteiger partial charge in [0.15, 0.2) is 5.75 Å². The monoisotopic (exact) mass is 467 g/mol. The number of H-pyrrole nitrogens is 1. The Bertz CT molecular complexity index is 1430. The fourth-order valence-corrected chi connectivity index (χ4v) is 5.25. The fraction of sp³-hybridized carbons (Fsp3) is 0.318. The molecule has 1 saturated carbocycles. The van der Waals surface area contributed by atoms with Gasteiger partial charge >= 0.3 is 6.01 Å². The van der Waals surface area contributed by atoms with Crippen LogP contribution in [0, 0.1) is 17.7 Å². The molecule has 4 heterocycles. The predicted molar refractivity (Wildman–Crippen MR) is 125 cm³/mol. The van der Waals surface area contributed by atoms with E-state index in [4.69, 9.17) is 15.5 Å². The molecule has 1 saturated heterocycles. The number of nitrogens with two attached hydrogens (primary N) is 1. The van der Waals surface area contributed by atoms with Crippen LogP contribution >= 0.6 is 0 Å². The fourth-order valence-electron chi connectivity index (χ4n) is 4.76. The smallest absolute Gasteiger partial charge is 0.326 e. The van der Waals surface area contributed by atoms with Gasteiger partial charge in [0.1, 0.15) is 17.3 Å². The zero-order chi connectivity index (χ0) is 22.9. The number of benzene rings is 1. The number of pyridine rings is 1. The molecular formula is C22H22FN7O2S. The van der Waals surface area contributed by atoms with Gasteiger partial charge in [-0.3, -0.25) is 9.19 Å². The summed E-state index contributed by atoms with van der Waals surface area (Å²) < 4.78 is 32.2. The van der Waals surface area contributed by atoms with Crippen LogP contribution in [-0.4, -0.2) is 56.6 Å². The first-order chi connectivity index (χ1) is 15.9. The topological polar surface area (TPSA) is 122 Å². The SMILES string of the molecule is CNc1cc(F)cc2c1[nH]c1nc(Oc3cncc(S(C)=O)c3)nc(N3CC4C(N)C4C3)c12. The summed E-state index contributed by atoms with van der Waals surface area (Å²) in [6, 6.07) is 4.94. The molecule has 1 aromatic carbocycles. The van der Waals surface area contributed by atoms with Crippen LogP contribution in [0.2, 0.25) is 0 Å². The summed E-state index contributed by atoms with van der Waals surface area (Å²) in [5.74, 6) is 1.60. The molecule has 11 heteroatoms. The van der Waals surface area contributed by atoms with Crippen LogP contribution in [0.5, 0.6) is 11.8 Å². The number of ether oxygens (including phenoxy) is 1. The maximum absolute atomic E-state index is 14.4. The minimum atomic E-state index is -1.20. The number of nitrogens with one attached hydrogen (secondary N) is 2. The molecule has 4 aromatic rings. The van der Waals surface area contributed by atoms with Gasteiger partial charge in [0.25, 0.3) is 0 Å². The minimum absolute atomic E-state index is 0.126. The van der Waals surface area contributed by atoms with E-state index in [0.29, 0.717) is 45.0 Å². The molecule has 33 heavy (non-hydrogen) atoms. The normalized spacial score (nSPS) is 22.5. The Balaban J connectivity index is 1.51. The summed E-state index contributed by atoms with van der Waals surface area (Å²) in [7, 11) is 0.547. The van der Waals surface area contributed by atoms with Gasteiger partial charge in [0.2, 0.25) is 0 Å². The predicted octanol–water partition coefficient (Wildman–Crippen LogP) is 2.61. The van der Waals surface area contributed by atoms with Gasteiger partial charge in [0.05, 0.1) is 38.5 Å². The van der Waals surface area contributed by atoms with E-state index in [0.717, 1.165) is 24.0 Å². The van der Waals surface area contributed by atoms with Crippen molar-refractivity contribution in [2.45, 2.75) is 10.9 Å². The second-order valence-corrected chi connectivity index (χ2v) is 9.91. The van der Waals surface area contributed by atoms with Gasteiger partial charge in [-0.1, -0.05) is 0 Å². The number of anilines is 2. The van der Waals surface area contributed by atoms with Crippen molar-refractivity contribution in [3.8, 4) is 11.8 Å². The van der Waals surface area contributed by atoms with Gasteiger partial charge < -0.3 is 25.7 Å². The lowest BCUT2D eigenvalue weighted by atomic mass is 10.1. The van der Waals surface area contributed by atoms with Crippen molar-refractivity contribution in [2.75, 3.05) is 36.6 Å². The zero-order valence-electron chi connectivity index (χ0n) is 18.0. The second-order valence-electron chi connectivity index (χ2n) is 8.53. The molecule has 0 radical (unpaired) electrons. The number of fused-ring (bicyclic) bond motifs is 4. The van der Waals surface area contributed by atoms with E-state index in [1.165, 1.54) is 24.5 Å². The Morgan fingerprint density at radius 1 is 1.24 bits per heavy atom. The molecule has 3 atom stereocenters. The second kappa shape index (κ2) is 7.35. The van der Waals surface area contributed by atoms with Crippen molar-refractivity contribution >= 4 is 44.2 Å². The number of hydrogen-bond acceptors (Lipinski definition) is 8. The van der Waals surface area contributed by atoms with Crippen LogP contribution in [0.3, 0.4) is 0 Å². The lowest BCUT2D eigenvalue weighted by molar-refractivity contribution is 0.440. The largest absolute Gasteiger partial charge is 0.423 e. The third kappa shape index (κ3) is 3.30. The Labute approximate surface area is 191 Å².